The summed E-state index contributed by atoms with van der Waals surface area (Å²) in [4.78, 5) is 12.4. The van der Waals surface area contributed by atoms with Crippen LogP contribution in [0.5, 0.6) is 5.75 Å². The number of hydrogen-bond acceptors (Lipinski definition) is 5. The monoisotopic (exact) mass is 482 g/mol. The molecule has 0 aliphatic rings. The summed E-state index contributed by atoms with van der Waals surface area (Å²) in [6.45, 7) is 4.38. The predicted octanol–water partition coefficient (Wildman–Crippen LogP) is 5.73. The highest BCUT2D eigenvalue weighted by molar-refractivity contribution is 8.00. The van der Waals surface area contributed by atoms with Crippen LogP contribution in [0, 0.1) is 0 Å². The molecule has 0 aliphatic heterocycles. The number of carbonyl (C=O) groups excluding carboxylic acids is 1. The summed E-state index contributed by atoms with van der Waals surface area (Å²) in [7, 11) is 0. The van der Waals surface area contributed by atoms with Crippen LogP contribution in [0.15, 0.2) is 60.1 Å². The highest BCUT2D eigenvalue weighted by atomic mass is 35.5. The lowest BCUT2D eigenvalue weighted by Crippen LogP contribution is -2.15. The molecule has 0 fully saturated rings. The molecule has 0 atom stereocenters. The minimum atomic E-state index is -0.236. The highest BCUT2D eigenvalue weighted by Crippen LogP contribution is 2.30. The third-order valence-corrected chi connectivity index (χ3v) is 6.01. The Labute approximate surface area is 193 Å². The van der Waals surface area contributed by atoms with E-state index in [2.05, 4.69) is 22.2 Å². The minimum absolute atomic E-state index is 0.126. The van der Waals surface area contributed by atoms with Crippen molar-refractivity contribution in [2.24, 2.45) is 0 Å². The number of thioether (sulfide) groups is 1. The molecule has 1 aromatic heterocycles. The summed E-state index contributed by atoms with van der Waals surface area (Å²) in [5, 5.41) is 13.1. The van der Waals surface area contributed by atoms with Gasteiger partial charge in [0.1, 0.15) is 23.1 Å². The van der Waals surface area contributed by atoms with Gasteiger partial charge < -0.3 is 10.1 Å². The molecule has 156 valence electrons. The van der Waals surface area contributed by atoms with Crippen LogP contribution in [-0.4, -0.2) is 26.7 Å². The molecule has 10 heteroatoms. The lowest BCUT2D eigenvalue weighted by Gasteiger charge is -2.10. The van der Waals surface area contributed by atoms with Gasteiger partial charge in [-0.2, -0.15) is 0 Å². The first-order valence-corrected chi connectivity index (χ1v) is 10.9. The summed E-state index contributed by atoms with van der Waals surface area (Å²) in [6, 6.07) is 12.1. The number of nitrogens with zero attached hydrogens (tertiary/aromatic N) is 3. The SMILES string of the molecule is C=CCn1nnc(COc2ccc(Cl)cc2)c1SCC(=O)Nc1cccc(Cl)c1Cl. The molecule has 30 heavy (non-hydrogen) atoms. The van der Waals surface area contributed by atoms with Gasteiger partial charge in [-0.25, -0.2) is 4.68 Å². The number of halogens is 3. The lowest BCUT2D eigenvalue weighted by atomic mass is 10.3. The second kappa shape index (κ2) is 10.7. The number of amides is 1. The normalized spacial score (nSPS) is 10.6. The Morgan fingerprint density at radius 2 is 1.97 bits per heavy atom. The van der Waals surface area contributed by atoms with Crippen molar-refractivity contribution in [3.8, 4) is 5.75 Å². The standard InChI is InChI=1S/C20H17Cl3N4O2S/c1-2-10-27-20(17(25-26-27)11-29-14-8-6-13(21)7-9-14)30-12-18(28)24-16-5-3-4-15(22)19(16)23/h2-9H,1,10-12H2,(H,24,28). The number of benzene rings is 2. The minimum Gasteiger partial charge on any atom is -0.487 e. The van der Waals surface area contributed by atoms with Gasteiger partial charge in [0.2, 0.25) is 5.91 Å². The predicted molar refractivity (Wildman–Crippen MR) is 122 cm³/mol. The Morgan fingerprint density at radius 3 is 2.70 bits per heavy atom. The summed E-state index contributed by atoms with van der Waals surface area (Å²) in [5.41, 5.74) is 1.07. The van der Waals surface area contributed by atoms with Crippen LogP contribution in [0.2, 0.25) is 15.1 Å². The molecule has 0 saturated carbocycles. The van der Waals surface area contributed by atoms with Crippen LogP contribution >= 0.6 is 46.6 Å². The van der Waals surface area contributed by atoms with Gasteiger partial charge in [-0.3, -0.25) is 4.79 Å². The number of ether oxygens (including phenoxy) is 1. The van der Waals surface area contributed by atoms with Gasteiger partial charge in [-0.05, 0) is 36.4 Å². The molecular formula is C20H17Cl3N4O2S. The maximum absolute atomic E-state index is 12.4. The quantitative estimate of drug-likeness (QED) is 0.311. The van der Waals surface area contributed by atoms with Gasteiger partial charge in [0.25, 0.3) is 0 Å². The third kappa shape index (κ3) is 5.92. The van der Waals surface area contributed by atoms with Crippen molar-refractivity contribution in [2.45, 2.75) is 18.2 Å². The molecular weight excluding hydrogens is 467 g/mol. The van der Waals surface area contributed by atoms with Gasteiger partial charge in [-0.1, -0.05) is 63.9 Å². The molecule has 2 aromatic carbocycles. The fraction of sp³-hybridized carbons (Fsp3) is 0.150. The molecule has 3 aromatic rings. The molecule has 0 bridgehead atoms. The zero-order valence-corrected chi connectivity index (χ0v) is 18.7. The first-order valence-electron chi connectivity index (χ1n) is 8.76. The Bertz CT molecular complexity index is 1040. The average Bonchev–Trinajstić information content (AvgIpc) is 3.11. The summed E-state index contributed by atoms with van der Waals surface area (Å²) < 4.78 is 7.43. The molecule has 1 N–H and O–H groups in total. The van der Waals surface area contributed by atoms with Crippen molar-refractivity contribution >= 4 is 58.2 Å². The largest absolute Gasteiger partial charge is 0.487 e. The third-order valence-electron chi connectivity index (χ3n) is 3.81. The Morgan fingerprint density at radius 1 is 1.20 bits per heavy atom. The smallest absolute Gasteiger partial charge is 0.234 e. The van der Waals surface area contributed by atoms with Gasteiger partial charge in [0.05, 0.1) is 28.0 Å². The van der Waals surface area contributed by atoms with Crippen LogP contribution in [0.3, 0.4) is 0 Å². The first-order chi connectivity index (χ1) is 14.5. The van der Waals surface area contributed by atoms with Crippen molar-refractivity contribution in [3.05, 3.63) is 75.9 Å². The van der Waals surface area contributed by atoms with Crippen LogP contribution in [0.25, 0.3) is 0 Å². The van der Waals surface area contributed by atoms with Crippen molar-refractivity contribution in [2.75, 3.05) is 11.1 Å². The topological polar surface area (TPSA) is 69.0 Å². The van der Waals surface area contributed by atoms with Crippen LogP contribution in [-0.2, 0) is 17.9 Å². The van der Waals surface area contributed by atoms with E-state index >= 15 is 0 Å². The number of anilines is 1. The van der Waals surface area contributed by atoms with Crippen molar-refractivity contribution in [3.63, 3.8) is 0 Å². The van der Waals surface area contributed by atoms with E-state index in [0.29, 0.717) is 38.7 Å². The van der Waals surface area contributed by atoms with E-state index in [9.17, 15) is 4.79 Å². The molecule has 1 amide bonds. The van der Waals surface area contributed by atoms with Crippen LogP contribution in [0.1, 0.15) is 5.69 Å². The molecule has 0 aliphatic carbocycles. The van der Waals surface area contributed by atoms with E-state index in [4.69, 9.17) is 39.5 Å². The zero-order chi connectivity index (χ0) is 21.5. The van der Waals surface area contributed by atoms with Gasteiger partial charge in [-0.15, -0.1) is 11.7 Å². The molecule has 6 nitrogen and oxygen atoms in total. The van der Waals surface area contributed by atoms with Gasteiger partial charge in [0.15, 0.2) is 0 Å². The highest BCUT2D eigenvalue weighted by Gasteiger charge is 2.16. The Kier molecular flexibility index (Phi) is 8.04. The fourth-order valence-corrected chi connectivity index (χ4v) is 3.77. The Hall–Kier alpha value is -2.19. The second-order valence-corrected chi connectivity index (χ2v) is 8.18. The lowest BCUT2D eigenvalue weighted by molar-refractivity contribution is -0.113. The van der Waals surface area contributed by atoms with Crippen molar-refractivity contribution in [1.82, 2.24) is 15.0 Å². The van der Waals surface area contributed by atoms with E-state index < -0.39 is 0 Å². The molecule has 3 rings (SSSR count). The maximum Gasteiger partial charge on any atom is 0.234 e. The number of hydrogen-bond donors (Lipinski definition) is 1. The van der Waals surface area contributed by atoms with E-state index in [1.807, 2.05) is 0 Å². The van der Waals surface area contributed by atoms with Crippen LogP contribution in [0.4, 0.5) is 5.69 Å². The number of nitrogens with one attached hydrogen (secondary N) is 1. The van der Waals surface area contributed by atoms with Crippen molar-refractivity contribution < 1.29 is 9.53 Å². The van der Waals surface area contributed by atoms with E-state index in [1.165, 1.54) is 11.8 Å². The molecule has 0 saturated heterocycles. The maximum atomic E-state index is 12.4. The van der Waals surface area contributed by atoms with E-state index in [0.717, 1.165) is 5.03 Å². The van der Waals surface area contributed by atoms with Crippen molar-refractivity contribution in [1.29, 1.82) is 0 Å². The summed E-state index contributed by atoms with van der Waals surface area (Å²) >= 11 is 19.3. The van der Waals surface area contributed by atoms with Crippen LogP contribution < -0.4 is 10.1 Å². The molecule has 0 radical (unpaired) electrons. The molecule has 0 unspecified atom stereocenters. The van der Waals surface area contributed by atoms with Gasteiger partial charge >= 0.3 is 0 Å². The number of carbonyl (C=O) groups is 1. The van der Waals surface area contributed by atoms with E-state index in [1.54, 1.807) is 53.2 Å². The number of allylic oxidation sites excluding steroid dienone is 1. The number of rotatable bonds is 9. The fourth-order valence-electron chi connectivity index (χ4n) is 2.43. The number of aromatic nitrogens is 3. The Balaban J connectivity index is 1.66. The molecule has 1 heterocycles. The van der Waals surface area contributed by atoms with E-state index in [-0.39, 0.29) is 18.3 Å². The molecule has 0 spiro atoms. The second-order valence-electron chi connectivity index (χ2n) is 5.99. The zero-order valence-electron chi connectivity index (χ0n) is 15.6. The average molecular weight is 484 g/mol. The first kappa shape index (κ1) is 22.5. The van der Waals surface area contributed by atoms with Gasteiger partial charge in [0, 0.05) is 5.02 Å². The summed E-state index contributed by atoms with van der Waals surface area (Å²) in [6.07, 6.45) is 1.70. The summed E-state index contributed by atoms with van der Waals surface area (Å²) in [5.74, 6) is 0.545.